The number of hydrogen-bond acceptors (Lipinski definition) is 5. The molecule has 0 radical (unpaired) electrons. The minimum atomic E-state index is -4.40. The number of halogens is 5. The standard InChI is InChI=1S/C19H20F5N7O2/c20-6-14(7-21)31-15(2-4-27-31)18(33)26-10-13-11-30-16(29-13)5-12(9-28-30)8-25-17(32)1-3-19(22,23)24/h2,4-5,9,11,14H,1,3,6-8,10H2,(H,25,32)(H,26,33). The lowest BCUT2D eigenvalue weighted by Gasteiger charge is -2.13. The fraction of sp³-hybridized carbons (Fsp3) is 0.421. The minimum Gasteiger partial charge on any atom is -0.352 e. The van der Waals surface area contributed by atoms with Crippen molar-refractivity contribution in [3.05, 3.63) is 47.7 Å². The van der Waals surface area contributed by atoms with E-state index in [0.29, 0.717) is 16.9 Å². The van der Waals surface area contributed by atoms with Gasteiger partial charge in [0.05, 0.1) is 31.1 Å². The summed E-state index contributed by atoms with van der Waals surface area (Å²) in [4.78, 5) is 28.2. The van der Waals surface area contributed by atoms with Crippen molar-refractivity contribution in [2.45, 2.75) is 38.1 Å². The summed E-state index contributed by atoms with van der Waals surface area (Å²) < 4.78 is 64.8. The van der Waals surface area contributed by atoms with Crippen LogP contribution in [-0.4, -0.2) is 55.7 Å². The molecule has 0 saturated carbocycles. The Balaban J connectivity index is 1.58. The zero-order valence-electron chi connectivity index (χ0n) is 17.1. The molecule has 178 valence electrons. The third-order valence-corrected chi connectivity index (χ3v) is 4.59. The molecule has 3 aromatic rings. The van der Waals surface area contributed by atoms with Gasteiger partial charge in [-0.05, 0) is 17.7 Å². The Morgan fingerprint density at radius 3 is 2.55 bits per heavy atom. The molecule has 0 aliphatic heterocycles. The largest absolute Gasteiger partial charge is 0.389 e. The van der Waals surface area contributed by atoms with Crippen LogP contribution >= 0.6 is 0 Å². The van der Waals surface area contributed by atoms with Gasteiger partial charge in [-0.3, -0.25) is 14.3 Å². The first-order chi connectivity index (χ1) is 15.7. The van der Waals surface area contributed by atoms with Gasteiger partial charge in [-0.25, -0.2) is 18.3 Å². The molecule has 0 spiro atoms. The third kappa shape index (κ3) is 6.46. The van der Waals surface area contributed by atoms with E-state index in [0.717, 1.165) is 4.68 Å². The van der Waals surface area contributed by atoms with E-state index in [4.69, 9.17) is 0 Å². The van der Waals surface area contributed by atoms with Crippen LogP contribution in [-0.2, 0) is 17.9 Å². The summed E-state index contributed by atoms with van der Waals surface area (Å²) in [5.41, 5.74) is 1.35. The fourth-order valence-corrected chi connectivity index (χ4v) is 2.91. The summed E-state index contributed by atoms with van der Waals surface area (Å²) in [6, 6.07) is 1.74. The highest BCUT2D eigenvalue weighted by Crippen LogP contribution is 2.21. The highest BCUT2D eigenvalue weighted by Gasteiger charge is 2.27. The van der Waals surface area contributed by atoms with E-state index in [-0.39, 0.29) is 18.8 Å². The van der Waals surface area contributed by atoms with Crippen LogP contribution in [0.2, 0.25) is 0 Å². The number of aromatic nitrogens is 5. The molecule has 2 N–H and O–H groups in total. The first kappa shape index (κ1) is 24.1. The van der Waals surface area contributed by atoms with Crippen molar-refractivity contribution in [2.24, 2.45) is 0 Å². The van der Waals surface area contributed by atoms with E-state index in [9.17, 15) is 31.5 Å². The van der Waals surface area contributed by atoms with Gasteiger partial charge >= 0.3 is 6.18 Å². The predicted octanol–water partition coefficient (Wildman–Crippen LogP) is 2.29. The Morgan fingerprint density at radius 2 is 1.85 bits per heavy atom. The molecule has 14 heteroatoms. The van der Waals surface area contributed by atoms with Crippen molar-refractivity contribution in [3.8, 4) is 0 Å². The molecule has 3 heterocycles. The number of carbonyl (C=O) groups is 2. The molecule has 2 amide bonds. The molecule has 33 heavy (non-hydrogen) atoms. The predicted molar refractivity (Wildman–Crippen MR) is 105 cm³/mol. The summed E-state index contributed by atoms with van der Waals surface area (Å²) >= 11 is 0. The Hall–Kier alpha value is -3.58. The second-order valence-corrected chi connectivity index (χ2v) is 7.10. The van der Waals surface area contributed by atoms with Crippen molar-refractivity contribution in [1.29, 1.82) is 0 Å². The number of nitrogens with one attached hydrogen (secondary N) is 2. The third-order valence-electron chi connectivity index (χ3n) is 4.59. The quantitative estimate of drug-likeness (QED) is 0.440. The second-order valence-electron chi connectivity index (χ2n) is 7.10. The van der Waals surface area contributed by atoms with Gasteiger partial charge in [0, 0.05) is 19.2 Å². The molecule has 0 saturated heterocycles. The highest BCUT2D eigenvalue weighted by atomic mass is 19.4. The first-order valence-electron chi connectivity index (χ1n) is 9.80. The molecule has 0 unspecified atom stereocenters. The van der Waals surface area contributed by atoms with Gasteiger partial charge in [0.2, 0.25) is 5.91 Å². The van der Waals surface area contributed by atoms with Gasteiger partial charge in [-0.15, -0.1) is 0 Å². The Morgan fingerprint density at radius 1 is 1.09 bits per heavy atom. The lowest BCUT2D eigenvalue weighted by atomic mass is 10.2. The number of nitrogens with zero attached hydrogens (tertiary/aromatic N) is 5. The van der Waals surface area contributed by atoms with Crippen LogP contribution in [0.3, 0.4) is 0 Å². The van der Waals surface area contributed by atoms with Crippen LogP contribution in [0.1, 0.15) is 40.6 Å². The molecule has 0 bridgehead atoms. The maximum Gasteiger partial charge on any atom is 0.389 e. The van der Waals surface area contributed by atoms with E-state index in [1.165, 1.54) is 23.0 Å². The van der Waals surface area contributed by atoms with Crippen molar-refractivity contribution in [2.75, 3.05) is 13.3 Å². The smallest absolute Gasteiger partial charge is 0.352 e. The van der Waals surface area contributed by atoms with Gasteiger partial charge < -0.3 is 10.6 Å². The SMILES string of the molecule is O=C(CCC(F)(F)F)NCc1cnn2cc(CNC(=O)c3ccnn3C(CF)CF)nc2c1. The lowest BCUT2D eigenvalue weighted by Crippen LogP contribution is -2.28. The number of carbonyl (C=O) groups excluding carboxylic acids is 2. The number of rotatable bonds is 10. The van der Waals surface area contributed by atoms with E-state index in [1.54, 1.807) is 12.3 Å². The van der Waals surface area contributed by atoms with Crippen molar-refractivity contribution < 1.29 is 31.5 Å². The van der Waals surface area contributed by atoms with Crippen molar-refractivity contribution in [3.63, 3.8) is 0 Å². The molecule has 0 atom stereocenters. The summed E-state index contributed by atoms with van der Waals surface area (Å²) in [5, 5.41) is 12.9. The van der Waals surface area contributed by atoms with Crippen molar-refractivity contribution >= 4 is 17.5 Å². The van der Waals surface area contributed by atoms with Crippen LogP contribution in [0.15, 0.2) is 30.7 Å². The molecule has 0 aromatic carbocycles. The van der Waals surface area contributed by atoms with Crippen molar-refractivity contribution in [1.82, 2.24) is 35.0 Å². The van der Waals surface area contributed by atoms with Crippen LogP contribution < -0.4 is 10.6 Å². The van der Waals surface area contributed by atoms with Gasteiger partial charge in [0.15, 0.2) is 5.65 Å². The molecular weight excluding hydrogens is 453 g/mol. The van der Waals surface area contributed by atoms with E-state index in [2.05, 4.69) is 25.8 Å². The van der Waals surface area contributed by atoms with E-state index >= 15 is 0 Å². The molecule has 0 aliphatic carbocycles. The Labute approximate surface area is 184 Å². The number of fused-ring (bicyclic) bond motifs is 1. The zero-order valence-corrected chi connectivity index (χ0v) is 17.1. The average Bonchev–Trinajstić information content (AvgIpc) is 3.41. The Bertz CT molecular complexity index is 1110. The monoisotopic (exact) mass is 473 g/mol. The van der Waals surface area contributed by atoms with Gasteiger partial charge in [0.1, 0.15) is 25.1 Å². The summed E-state index contributed by atoms with van der Waals surface area (Å²) in [6.07, 6.45) is -2.03. The number of hydrogen-bond donors (Lipinski definition) is 2. The maximum atomic E-state index is 12.9. The highest BCUT2D eigenvalue weighted by molar-refractivity contribution is 5.92. The minimum absolute atomic E-state index is 0.000685. The number of imidazole rings is 1. The average molecular weight is 473 g/mol. The summed E-state index contributed by atoms with van der Waals surface area (Å²) in [6.45, 7) is -2.05. The fourth-order valence-electron chi connectivity index (χ4n) is 2.91. The molecule has 3 aromatic heterocycles. The molecule has 3 rings (SSSR count). The summed E-state index contributed by atoms with van der Waals surface area (Å²) in [7, 11) is 0. The molecule has 0 aliphatic rings. The molecule has 9 nitrogen and oxygen atoms in total. The van der Waals surface area contributed by atoms with Gasteiger partial charge in [0.25, 0.3) is 5.91 Å². The van der Waals surface area contributed by atoms with Crippen LogP contribution in [0.4, 0.5) is 22.0 Å². The molecule has 0 fully saturated rings. The van der Waals surface area contributed by atoms with Crippen LogP contribution in [0.5, 0.6) is 0 Å². The van der Waals surface area contributed by atoms with E-state index in [1.807, 2.05) is 0 Å². The number of amides is 2. The summed E-state index contributed by atoms with van der Waals surface area (Å²) in [5.74, 6) is -1.33. The van der Waals surface area contributed by atoms with Crippen LogP contribution in [0, 0.1) is 0 Å². The normalized spacial score (nSPS) is 11.8. The maximum absolute atomic E-state index is 12.9. The zero-order chi connectivity index (χ0) is 24.0. The van der Waals surface area contributed by atoms with Gasteiger partial charge in [-0.1, -0.05) is 0 Å². The first-order valence-corrected chi connectivity index (χ1v) is 9.80. The van der Waals surface area contributed by atoms with Crippen LogP contribution in [0.25, 0.3) is 5.65 Å². The topological polar surface area (TPSA) is 106 Å². The second kappa shape index (κ2) is 10.4. The van der Waals surface area contributed by atoms with E-state index < -0.39 is 50.2 Å². The lowest BCUT2D eigenvalue weighted by molar-refractivity contribution is -0.144. The Kier molecular flexibility index (Phi) is 7.55. The molecular formula is C19H20F5N7O2. The van der Waals surface area contributed by atoms with Gasteiger partial charge in [-0.2, -0.15) is 23.4 Å². The number of alkyl halides is 5.